The van der Waals surface area contributed by atoms with Crippen molar-refractivity contribution in [2.75, 3.05) is 4.90 Å². The molecule has 250 valence electrons. The topological polar surface area (TPSA) is 34.0 Å². The number of fused-ring (bicyclic) bond motifs is 11. The Morgan fingerprint density at radius 1 is 0.415 bits per heavy atom. The Hall–Kier alpha value is -6.78. The first-order chi connectivity index (χ1) is 26.1. The average Bonchev–Trinajstić information content (AvgIpc) is 3.55. The Balaban J connectivity index is 1.17. The molecule has 1 aliphatic rings. The van der Waals surface area contributed by atoms with Crippen LogP contribution in [0, 0.1) is 0 Å². The molecule has 0 spiro atoms. The van der Waals surface area contributed by atoms with E-state index in [1.54, 1.807) is 12.4 Å². The number of nitrogens with zero attached hydrogens (tertiary/aromatic N) is 4. The van der Waals surface area contributed by atoms with Gasteiger partial charge in [-0.2, -0.15) is 0 Å². The van der Waals surface area contributed by atoms with E-state index < -0.39 is 0 Å². The van der Waals surface area contributed by atoms with Crippen LogP contribution in [-0.4, -0.2) is 14.5 Å². The molecule has 0 N–H and O–H groups in total. The van der Waals surface area contributed by atoms with Crippen molar-refractivity contribution < 1.29 is 0 Å². The number of hydrogen-bond acceptors (Lipinski definition) is 3. The zero-order valence-electron chi connectivity index (χ0n) is 29.5. The van der Waals surface area contributed by atoms with Crippen LogP contribution in [0.2, 0.25) is 0 Å². The molecule has 0 radical (unpaired) electrons. The molecule has 0 aliphatic carbocycles. The van der Waals surface area contributed by atoms with Gasteiger partial charge in [0, 0.05) is 50.7 Å². The van der Waals surface area contributed by atoms with E-state index in [4.69, 9.17) is 9.97 Å². The quantitative estimate of drug-likeness (QED) is 0.174. The smallest absolute Gasteiger partial charge is 0.0971 e. The van der Waals surface area contributed by atoms with Crippen LogP contribution in [-0.2, 0) is 5.41 Å². The van der Waals surface area contributed by atoms with Gasteiger partial charge in [-0.1, -0.05) is 117 Å². The summed E-state index contributed by atoms with van der Waals surface area (Å²) >= 11 is 0. The minimum atomic E-state index is -0.239. The zero-order chi connectivity index (χ0) is 35.3. The lowest BCUT2D eigenvalue weighted by Gasteiger charge is -2.42. The minimum Gasteiger partial charge on any atom is -0.310 e. The van der Waals surface area contributed by atoms with Crippen molar-refractivity contribution in [1.29, 1.82) is 0 Å². The minimum absolute atomic E-state index is 0.239. The number of aromatic nitrogens is 3. The molecule has 2 aromatic heterocycles. The van der Waals surface area contributed by atoms with Crippen molar-refractivity contribution in [2.24, 2.45) is 0 Å². The lowest BCUT2D eigenvalue weighted by atomic mass is 9.73. The van der Waals surface area contributed by atoms with Gasteiger partial charge in [-0.25, -0.2) is 0 Å². The van der Waals surface area contributed by atoms with Gasteiger partial charge >= 0.3 is 0 Å². The number of para-hydroxylation sites is 3. The van der Waals surface area contributed by atoms with E-state index in [1.807, 2.05) is 0 Å². The molecule has 4 heteroatoms. The third-order valence-electron chi connectivity index (χ3n) is 11.4. The maximum atomic E-state index is 4.87. The van der Waals surface area contributed by atoms with Crippen LogP contribution >= 0.6 is 0 Å². The third-order valence-corrected chi connectivity index (χ3v) is 11.4. The largest absolute Gasteiger partial charge is 0.310 e. The van der Waals surface area contributed by atoms with Gasteiger partial charge in [-0.3, -0.25) is 9.97 Å². The molecule has 0 amide bonds. The van der Waals surface area contributed by atoms with Crippen molar-refractivity contribution in [3.8, 4) is 16.8 Å². The predicted molar refractivity (Wildman–Crippen MR) is 221 cm³/mol. The van der Waals surface area contributed by atoms with E-state index in [2.05, 4.69) is 181 Å². The summed E-state index contributed by atoms with van der Waals surface area (Å²) in [5.41, 5.74) is 13.7. The van der Waals surface area contributed by atoms with Gasteiger partial charge in [0.25, 0.3) is 0 Å². The molecule has 3 heterocycles. The van der Waals surface area contributed by atoms with Gasteiger partial charge in [0.15, 0.2) is 0 Å². The Morgan fingerprint density at radius 2 is 1.00 bits per heavy atom. The highest BCUT2D eigenvalue weighted by atomic mass is 15.2. The fourth-order valence-corrected chi connectivity index (χ4v) is 8.93. The van der Waals surface area contributed by atoms with Crippen molar-refractivity contribution >= 4 is 71.4 Å². The highest BCUT2D eigenvalue weighted by Crippen LogP contribution is 2.53. The molecule has 0 saturated carbocycles. The molecule has 0 saturated heterocycles. The summed E-state index contributed by atoms with van der Waals surface area (Å²) < 4.78 is 2.42. The second-order valence-corrected chi connectivity index (χ2v) is 14.7. The van der Waals surface area contributed by atoms with Crippen molar-refractivity contribution in [3.63, 3.8) is 0 Å². The van der Waals surface area contributed by atoms with E-state index in [-0.39, 0.29) is 5.41 Å². The molecule has 53 heavy (non-hydrogen) atoms. The Labute approximate surface area is 307 Å². The Bertz CT molecular complexity index is 3050. The van der Waals surface area contributed by atoms with Crippen LogP contribution in [0.5, 0.6) is 0 Å². The number of benzene rings is 8. The zero-order valence-corrected chi connectivity index (χ0v) is 29.5. The normalized spacial score (nSPS) is 13.6. The second kappa shape index (κ2) is 11.1. The predicted octanol–water partition coefficient (Wildman–Crippen LogP) is 12.8. The van der Waals surface area contributed by atoms with Crippen LogP contribution in [0.25, 0.3) is 71.2 Å². The molecule has 0 atom stereocenters. The maximum Gasteiger partial charge on any atom is 0.0971 e. The first kappa shape index (κ1) is 29.9. The Kier molecular flexibility index (Phi) is 6.27. The lowest BCUT2D eigenvalue weighted by Crippen LogP contribution is -2.30. The highest BCUT2D eigenvalue weighted by molar-refractivity contribution is 6.24. The lowest BCUT2D eigenvalue weighted by molar-refractivity contribution is 0.631. The summed E-state index contributed by atoms with van der Waals surface area (Å²) in [6.07, 6.45) is 3.60. The standard InChI is InChI=1S/C49H34N4/c1-49(2)41-16-8-11-19-45(41)53(46-25-22-34(30-42(46)49)52-43-17-9-6-14-35(43)36-15-7-10-18-44(36)52)33-21-24-38-40(29-33)39-28-32(31-12-4-3-5-13-31)20-23-37(39)47-48(38)51-27-26-50-47/h3-30H,1-2H3. The molecule has 11 rings (SSSR count). The van der Waals surface area contributed by atoms with Gasteiger partial charge in [0.1, 0.15) is 0 Å². The van der Waals surface area contributed by atoms with E-state index in [1.165, 1.54) is 60.8 Å². The number of anilines is 3. The molecular weight excluding hydrogens is 645 g/mol. The second-order valence-electron chi connectivity index (χ2n) is 14.7. The first-order valence-electron chi connectivity index (χ1n) is 18.2. The summed E-state index contributed by atoms with van der Waals surface area (Å²) in [5.74, 6) is 0. The molecular formula is C49H34N4. The van der Waals surface area contributed by atoms with Crippen molar-refractivity contribution in [1.82, 2.24) is 14.5 Å². The molecule has 1 aliphatic heterocycles. The van der Waals surface area contributed by atoms with Gasteiger partial charge in [-0.05, 0) is 87.6 Å². The van der Waals surface area contributed by atoms with Crippen LogP contribution < -0.4 is 4.90 Å². The fraction of sp³-hybridized carbons (Fsp3) is 0.0612. The van der Waals surface area contributed by atoms with Crippen LogP contribution in [0.1, 0.15) is 25.0 Å². The SMILES string of the molecule is CC1(C)c2ccccc2N(c2ccc3c(c2)c2cc(-c4ccccc4)ccc2c2nccnc32)c2ccc(-n3c4ccccc4c4ccccc43)cc21. The van der Waals surface area contributed by atoms with Crippen molar-refractivity contribution in [3.05, 3.63) is 181 Å². The average molecular weight is 679 g/mol. The van der Waals surface area contributed by atoms with Gasteiger partial charge in [0.2, 0.25) is 0 Å². The third kappa shape index (κ3) is 4.30. The highest BCUT2D eigenvalue weighted by Gasteiger charge is 2.37. The molecule has 0 unspecified atom stereocenters. The van der Waals surface area contributed by atoms with E-state index in [0.717, 1.165) is 38.6 Å². The first-order valence-corrected chi connectivity index (χ1v) is 18.2. The molecule has 8 aromatic carbocycles. The van der Waals surface area contributed by atoms with Gasteiger partial charge in [0.05, 0.1) is 33.4 Å². The number of hydrogen-bond donors (Lipinski definition) is 0. The molecule has 4 nitrogen and oxygen atoms in total. The van der Waals surface area contributed by atoms with Crippen LogP contribution in [0.3, 0.4) is 0 Å². The summed E-state index contributed by atoms with van der Waals surface area (Å²) in [4.78, 5) is 12.2. The monoisotopic (exact) mass is 678 g/mol. The van der Waals surface area contributed by atoms with Gasteiger partial charge in [-0.15, -0.1) is 0 Å². The maximum absolute atomic E-state index is 4.87. The van der Waals surface area contributed by atoms with E-state index >= 15 is 0 Å². The summed E-state index contributed by atoms with van der Waals surface area (Å²) in [6.45, 7) is 4.73. The van der Waals surface area contributed by atoms with Crippen LogP contribution in [0.4, 0.5) is 17.1 Å². The van der Waals surface area contributed by atoms with Gasteiger partial charge < -0.3 is 9.47 Å². The molecule has 0 bridgehead atoms. The Morgan fingerprint density at radius 3 is 1.74 bits per heavy atom. The fourth-order valence-electron chi connectivity index (χ4n) is 8.93. The number of rotatable bonds is 3. The van der Waals surface area contributed by atoms with E-state index in [9.17, 15) is 0 Å². The summed E-state index contributed by atoms with van der Waals surface area (Å²) in [7, 11) is 0. The van der Waals surface area contributed by atoms with Crippen LogP contribution in [0.15, 0.2) is 170 Å². The van der Waals surface area contributed by atoms with Crippen molar-refractivity contribution in [2.45, 2.75) is 19.3 Å². The molecule has 10 aromatic rings. The molecule has 0 fully saturated rings. The summed E-state index contributed by atoms with van der Waals surface area (Å²) in [6, 6.07) is 57.6. The summed E-state index contributed by atoms with van der Waals surface area (Å²) in [5, 5.41) is 7.07. The van der Waals surface area contributed by atoms with E-state index in [0.29, 0.717) is 0 Å².